The highest BCUT2D eigenvalue weighted by atomic mass is 16.5. The van der Waals surface area contributed by atoms with Gasteiger partial charge in [0.2, 0.25) is 0 Å². The minimum absolute atomic E-state index is 0.0295. The number of nitrogens with one attached hydrogen (secondary N) is 2. The van der Waals surface area contributed by atoms with E-state index in [9.17, 15) is 9.59 Å². The van der Waals surface area contributed by atoms with Gasteiger partial charge in [0, 0.05) is 7.11 Å². The zero-order valence-electron chi connectivity index (χ0n) is 9.68. The number of methoxy groups -OCH3 is 1. The summed E-state index contributed by atoms with van der Waals surface area (Å²) in [6.07, 6.45) is 2.62. The molecule has 3 atom stereocenters. The molecule has 0 bridgehead atoms. The maximum atomic E-state index is 11.5. The first-order valence-corrected chi connectivity index (χ1v) is 5.52. The molecule has 0 aromatic heterocycles. The molecule has 0 heterocycles. The summed E-state index contributed by atoms with van der Waals surface area (Å²) in [4.78, 5) is 22.1. The fourth-order valence-electron chi connectivity index (χ4n) is 1.93. The van der Waals surface area contributed by atoms with Crippen molar-refractivity contribution in [3.05, 3.63) is 0 Å². The van der Waals surface area contributed by atoms with E-state index in [0.717, 1.165) is 19.3 Å². The van der Waals surface area contributed by atoms with Crippen LogP contribution in [-0.2, 0) is 9.53 Å². The second-order valence-electron chi connectivity index (χ2n) is 4.00. The number of hydrogen-bond acceptors (Lipinski definition) is 4. The molecule has 1 fully saturated rings. The Morgan fingerprint density at radius 3 is 2.71 bits per heavy atom. The highest BCUT2D eigenvalue weighted by Gasteiger charge is 2.29. The zero-order valence-corrected chi connectivity index (χ0v) is 9.68. The average molecular weight is 246 g/mol. The van der Waals surface area contributed by atoms with Gasteiger partial charge in [-0.05, 0) is 19.3 Å². The van der Waals surface area contributed by atoms with E-state index in [2.05, 4.69) is 10.6 Å². The molecule has 0 saturated heterocycles. The van der Waals surface area contributed by atoms with Gasteiger partial charge in [0.1, 0.15) is 0 Å². The van der Waals surface area contributed by atoms with E-state index >= 15 is 0 Å². The van der Waals surface area contributed by atoms with Gasteiger partial charge in [0.25, 0.3) is 0 Å². The lowest BCUT2D eigenvalue weighted by molar-refractivity contribution is -0.140. The van der Waals surface area contributed by atoms with Crippen molar-refractivity contribution in [2.75, 3.05) is 13.7 Å². The second kappa shape index (κ2) is 6.41. The third kappa shape index (κ3) is 3.86. The van der Waals surface area contributed by atoms with E-state index in [1.165, 1.54) is 0 Å². The van der Waals surface area contributed by atoms with E-state index in [1.807, 2.05) is 0 Å². The van der Waals surface area contributed by atoms with Gasteiger partial charge in [-0.25, -0.2) is 9.59 Å². The monoisotopic (exact) mass is 246 g/mol. The summed E-state index contributed by atoms with van der Waals surface area (Å²) in [6, 6.07) is -1.98. The topological polar surface area (TPSA) is 108 Å². The normalized spacial score (nSPS) is 25.3. The highest BCUT2D eigenvalue weighted by molar-refractivity contribution is 5.82. The smallest absolute Gasteiger partial charge is 0.328 e. The van der Waals surface area contributed by atoms with Gasteiger partial charge in [0.15, 0.2) is 6.04 Å². The van der Waals surface area contributed by atoms with Gasteiger partial charge < -0.3 is 25.6 Å². The number of rotatable bonds is 5. The fourth-order valence-corrected chi connectivity index (χ4v) is 1.93. The summed E-state index contributed by atoms with van der Waals surface area (Å²) >= 11 is 0. The van der Waals surface area contributed by atoms with E-state index < -0.39 is 24.6 Å². The quantitative estimate of drug-likeness (QED) is 0.513. The number of aliphatic carboxylic acids is 1. The van der Waals surface area contributed by atoms with Crippen LogP contribution in [-0.4, -0.2) is 54.1 Å². The van der Waals surface area contributed by atoms with E-state index in [4.69, 9.17) is 14.9 Å². The van der Waals surface area contributed by atoms with Gasteiger partial charge in [-0.15, -0.1) is 0 Å². The van der Waals surface area contributed by atoms with Gasteiger partial charge >= 0.3 is 12.0 Å². The number of carbonyl (C=O) groups excluding carboxylic acids is 1. The number of ether oxygens (including phenoxy) is 1. The molecule has 2 amide bonds. The van der Waals surface area contributed by atoms with E-state index in [1.54, 1.807) is 7.11 Å². The molecule has 1 rings (SSSR count). The molecule has 98 valence electrons. The predicted octanol–water partition coefficient (Wildman–Crippen LogP) is -0.701. The Morgan fingerprint density at radius 2 is 2.18 bits per heavy atom. The lowest BCUT2D eigenvalue weighted by atomic mass is 10.2. The molecule has 7 heteroatoms. The van der Waals surface area contributed by atoms with Crippen molar-refractivity contribution in [2.45, 2.75) is 37.5 Å². The molecular weight excluding hydrogens is 228 g/mol. The van der Waals surface area contributed by atoms with Crippen LogP contribution < -0.4 is 10.6 Å². The summed E-state index contributed by atoms with van der Waals surface area (Å²) in [5, 5.41) is 22.2. The van der Waals surface area contributed by atoms with Crippen molar-refractivity contribution in [1.29, 1.82) is 0 Å². The first kappa shape index (κ1) is 13.7. The Hall–Kier alpha value is -1.34. The number of amides is 2. The fraction of sp³-hybridized carbons (Fsp3) is 0.800. The SMILES string of the molecule is COC1CCCC1NC(=O)N[C@H](CO)C(=O)O. The van der Waals surface area contributed by atoms with Crippen molar-refractivity contribution < 1.29 is 24.5 Å². The predicted molar refractivity (Wildman–Crippen MR) is 58.6 cm³/mol. The average Bonchev–Trinajstić information content (AvgIpc) is 2.72. The van der Waals surface area contributed by atoms with Crippen molar-refractivity contribution >= 4 is 12.0 Å². The Kier molecular flexibility index (Phi) is 5.17. The number of aliphatic hydroxyl groups excluding tert-OH is 1. The van der Waals surface area contributed by atoms with Crippen LogP contribution >= 0.6 is 0 Å². The van der Waals surface area contributed by atoms with Crippen molar-refractivity contribution in [2.24, 2.45) is 0 Å². The number of aliphatic hydroxyl groups is 1. The van der Waals surface area contributed by atoms with Crippen LogP contribution in [0.2, 0.25) is 0 Å². The second-order valence-corrected chi connectivity index (χ2v) is 4.00. The van der Waals surface area contributed by atoms with Gasteiger partial charge in [0.05, 0.1) is 18.8 Å². The number of hydrogen-bond donors (Lipinski definition) is 4. The molecular formula is C10H18N2O5. The molecule has 0 aromatic rings. The van der Waals surface area contributed by atoms with Crippen LogP contribution in [0.15, 0.2) is 0 Å². The van der Waals surface area contributed by atoms with Crippen LogP contribution in [0.5, 0.6) is 0 Å². The first-order chi connectivity index (χ1) is 8.08. The molecule has 17 heavy (non-hydrogen) atoms. The van der Waals surface area contributed by atoms with Gasteiger partial charge in [-0.1, -0.05) is 0 Å². The lowest BCUT2D eigenvalue weighted by Crippen LogP contribution is -2.52. The summed E-state index contributed by atoms with van der Waals surface area (Å²) in [5.74, 6) is -1.27. The highest BCUT2D eigenvalue weighted by Crippen LogP contribution is 2.21. The third-order valence-corrected chi connectivity index (χ3v) is 2.86. The molecule has 1 aliphatic carbocycles. The number of carboxylic acids is 1. The van der Waals surface area contributed by atoms with Crippen LogP contribution in [0.4, 0.5) is 4.79 Å². The molecule has 0 aromatic carbocycles. The Labute approximate surface area is 99.1 Å². The van der Waals surface area contributed by atoms with E-state index in [-0.39, 0.29) is 12.1 Å². The summed E-state index contributed by atoms with van der Waals surface area (Å²) < 4.78 is 5.20. The molecule has 4 N–H and O–H groups in total. The molecule has 0 radical (unpaired) electrons. The third-order valence-electron chi connectivity index (χ3n) is 2.86. The van der Waals surface area contributed by atoms with Crippen molar-refractivity contribution in [3.8, 4) is 0 Å². The maximum absolute atomic E-state index is 11.5. The first-order valence-electron chi connectivity index (χ1n) is 5.52. The van der Waals surface area contributed by atoms with Gasteiger partial charge in [-0.2, -0.15) is 0 Å². The minimum atomic E-state index is -1.28. The van der Waals surface area contributed by atoms with E-state index in [0.29, 0.717) is 0 Å². The molecule has 1 aliphatic rings. The molecule has 1 saturated carbocycles. The van der Waals surface area contributed by atoms with Crippen molar-refractivity contribution in [3.63, 3.8) is 0 Å². The Balaban J connectivity index is 2.41. The number of urea groups is 1. The Morgan fingerprint density at radius 1 is 1.47 bits per heavy atom. The van der Waals surface area contributed by atoms with Crippen LogP contribution in [0.1, 0.15) is 19.3 Å². The molecule has 7 nitrogen and oxygen atoms in total. The zero-order chi connectivity index (χ0) is 12.8. The molecule has 2 unspecified atom stereocenters. The minimum Gasteiger partial charge on any atom is -0.480 e. The lowest BCUT2D eigenvalue weighted by Gasteiger charge is -2.21. The number of carboxylic acid groups (broad SMARTS) is 1. The van der Waals surface area contributed by atoms with Crippen LogP contribution in [0.25, 0.3) is 0 Å². The maximum Gasteiger partial charge on any atom is 0.328 e. The largest absolute Gasteiger partial charge is 0.480 e. The summed E-state index contributed by atoms with van der Waals surface area (Å²) in [6.45, 7) is -0.638. The van der Waals surface area contributed by atoms with Crippen molar-refractivity contribution in [1.82, 2.24) is 10.6 Å². The summed E-state index contributed by atoms with van der Waals surface area (Å²) in [5.41, 5.74) is 0. The molecule has 0 aliphatic heterocycles. The standard InChI is InChI=1S/C10H18N2O5/c1-17-8-4-2-3-6(8)11-10(16)12-7(5-13)9(14)15/h6-8,13H,2-5H2,1H3,(H,14,15)(H2,11,12,16)/t6?,7-,8?/m1/s1. The Bertz CT molecular complexity index is 284. The molecule has 0 spiro atoms. The van der Waals surface area contributed by atoms with Gasteiger partial charge in [-0.3, -0.25) is 0 Å². The summed E-state index contributed by atoms with van der Waals surface area (Å²) in [7, 11) is 1.58. The van der Waals surface area contributed by atoms with Crippen LogP contribution in [0.3, 0.4) is 0 Å². The van der Waals surface area contributed by atoms with Crippen LogP contribution in [0, 0.1) is 0 Å². The number of carbonyl (C=O) groups is 2.